The Morgan fingerprint density at radius 3 is 2.50 bits per heavy atom. The first-order valence-corrected chi connectivity index (χ1v) is 10.1. The number of aliphatic hydroxyl groups is 1. The number of aryl methyl sites for hydroxylation is 1. The first kappa shape index (κ1) is 21.9. The van der Waals surface area contributed by atoms with Crippen LogP contribution in [-0.4, -0.2) is 42.5 Å². The number of aliphatic hydroxyl groups excluding tert-OH is 1. The van der Waals surface area contributed by atoms with Crippen LogP contribution in [0.4, 0.5) is 5.95 Å². The minimum atomic E-state index is -0.919. The quantitative estimate of drug-likeness (QED) is 0.558. The molecule has 0 spiro atoms. The van der Waals surface area contributed by atoms with E-state index in [2.05, 4.69) is 10.3 Å². The SMILES string of the molecule is CC[C@@H](C)Nc1nc2c(c(=O)n(C)c(=O)n2C)n1C[C@H](O)COc1ccc(Cl)cc1. The molecule has 2 aromatic heterocycles. The Kier molecular flexibility index (Phi) is 6.52. The molecule has 0 saturated heterocycles. The summed E-state index contributed by atoms with van der Waals surface area (Å²) >= 11 is 5.87. The van der Waals surface area contributed by atoms with Crippen LogP contribution in [0.5, 0.6) is 5.75 Å². The summed E-state index contributed by atoms with van der Waals surface area (Å²) in [7, 11) is 2.98. The number of fused-ring (bicyclic) bond motifs is 1. The number of halogens is 1. The van der Waals surface area contributed by atoms with Gasteiger partial charge in [0.25, 0.3) is 5.56 Å². The highest BCUT2D eigenvalue weighted by Gasteiger charge is 2.22. The molecule has 0 radical (unpaired) electrons. The molecule has 0 aliphatic rings. The summed E-state index contributed by atoms with van der Waals surface area (Å²) in [6, 6.07) is 6.91. The largest absolute Gasteiger partial charge is 0.491 e. The summed E-state index contributed by atoms with van der Waals surface area (Å²) < 4.78 is 9.59. The molecule has 2 N–H and O–H groups in total. The van der Waals surface area contributed by atoms with Gasteiger partial charge in [-0.25, -0.2) is 4.79 Å². The van der Waals surface area contributed by atoms with E-state index in [1.807, 2.05) is 13.8 Å². The van der Waals surface area contributed by atoms with Gasteiger partial charge in [-0.15, -0.1) is 0 Å². The summed E-state index contributed by atoms with van der Waals surface area (Å²) in [5.41, 5.74) is -0.418. The molecule has 0 aliphatic carbocycles. The van der Waals surface area contributed by atoms with Gasteiger partial charge in [0.15, 0.2) is 11.2 Å². The molecule has 9 nitrogen and oxygen atoms in total. The van der Waals surface area contributed by atoms with Crippen molar-refractivity contribution in [2.24, 2.45) is 14.1 Å². The maximum absolute atomic E-state index is 12.8. The number of imidazole rings is 1. The van der Waals surface area contributed by atoms with Crippen LogP contribution >= 0.6 is 11.6 Å². The van der Waals surface area contributed by atoms with Gasteiger partial charge < -0.3 is 19.7 Å². The summed E-state index contributed by atoms with van der Waals surface area (Å²) in [6.45, 7) is 4.08. The molecule has 0 aliphatic heterocycles. The predicted molar refractivity (Wildman–Crippen MR) is 117 cm³/mol. The van der Waals surface area contributed by atoms with Crippen molar-refractivity contribution in [3.63, 3.8) is 0 Å². The zero-order valence-corrected chi connectivity index (χ0v) is 18.2. The number of hydrogen-bond donors (Lipinski definition) is 2. The molecular weight excluding hydrogens is 410 g/mol. The third kappa shape index (κ3) is 4.36. The highest BCUT2D eigenvalue weighted by Crippen LogP contribution is 2.19. The van der Waals surface area contributed by atoms with Crippen molar-refractivity contribution in [3.05, 3.63) is 50.1 Å². The van der Waals surface area contributed by atoms with Crippen molar-refractivity contribution in [2.45, 2.75) is 39.0 Å². The maximum atomic E-state index is 12.8. The highest BCUT2D eigenvalue weighted by molar-refractivity contribution is 6.30. The molecule has 0 amide bonds. The lowest BCUT2D eigenvalue weighted by molar-refractivity contribution is 0.0938. The molecule has 0 bridgehead atoms. The Morgan fingerprint density at radius 2 is 1.87 bits per heavy atom. The number of nitrogens with one attached hydrogen (secondary N) is 1. The number of nitrogens with zero attached hydrogens (tertiary/aromatic N) is 4. The number of benzene rings is 1. The second-order valence-corrected chi connectivity index (χ2v) is 7.73. The van der Waals surface area contributed by atoms with Crippen LogP contribution in [0.3, 0.4) is 0 Å². The Bertz CT molecular complexity index is 1150. The van der Waals surface area contributed by atoms with E-state index in [9.17, 15) is 14.7 Å². The molecule has 0 unspecified atom stereocenters. The summed E-state index contributed by atoms with van der Waals surface area (Å²) in [5.74, 6) is 0.994. The molecule has 30 heavy (non-hydrogen) atoms. The maximum Gasteiger partial charge on any atom is 0.332 e. The van der Waals surface area contributed by atoms with Gasteiger partial charge >= 0.3 is 5.69 Å². The van der Waals surface area contributed by atoms with Crippen molar-refractivity contribution >= 4 is 28.7 Å². The predicted octanol–water partition coefficient (Wildman–Crippen LogP) is 1.74. The van der Waals surface area contributed by atoms with Crippen LogP contribution in [0.1, 0.15) is 20.3 Å². The van der Waals surface area contributed by atoms with Crippen LogP contribution in [0.25, 0.3) is 11.2 Å². The molecule has 3 aromatic rings. The Balaban J connectivity index is 1.95. The number of anilines is 1. The second-order valence-electron chi connectivity index (χ2n) is 7.30. The lowest BCUT2D eigenvalue weighted by Crippen LogP contribution is -2.38. The van der Waals surface area contributed by atoms with Crippen molar-refractivity contribution in [1.29, 1.82) is 0 Å². The Morgan fingerprint density at radius 1 is 1.20 bits per heavy atom. The fourth-order valence-corrected chi connectivity index (χ4v) is 3.17. The van der Waals surface area contributed by atoms with Gasteiger partial charge in [0.1, 0.15) is 18.5 Å². The van der Waals surface area contributed by atoms with Crippen molar-refractivity contribution in [1.82, 2.24) is 18.7 Å². The van der Waals surface area contributed by atoms with Gasteiger partial charge in [0.05, 0.1) is 6.54 Å². The minimum absolute atomic E-state index is 0.0101. The van der Waals surface area contributed by atoms with Gasteiger partial charge in [0, 0.05) is 25.2 Å². The van der Waals surface area contributed by atoms with E-state index in [4.69, 9.17) is 16.3 Å². The van der Waals surface area contributed by atoms with E-state index in [0.29, 0.717) is 16.7 Å². The molecule has 162 valence electrons. The van der Waals surface area contributed by atoms with Crippen LogP contribution < -0.4 is 21.3 Å². The third-order valence-corrected chi connectivity index (χ3v) is 5.24. The summed E-state index contributed by atoms with van der Waals surface area (Å²) in [6.07, 6.45) is -0.0833. The molecule has 0 saturated carbocycles. The normalized spacial score (nSPS) is 13.4. The van der Waals surface area contributed by atoms with Crippen molar-refractivity contribution in [3.8, 4) is 5.75 Å². The standard InChI is InChI=1S/C20H26ClN5O4/c1-5-12(2)22-19-23-17-16(18(28)25(4)20(29)24(17)3)26(19)10-14(27)11-30-15-8-6-13(21)7-9-15/h6-9,12,14,27H,5,10-11H2,1-4H3,(H,22,23)/t12-,14+/m1/s1. The van der Waals surface area contributed by atoms with Crippen molar-refractivity contribution in [2.75, 3.05) is 11.9 Å². The molecule has 1 aromatic carbocycles. The highest BCUT2D eigenvalue weighted by atomic mass is 35.5. The molecule has 0 fully saturated rings. The minimum Gasteiger partial charge on any atom is -0.491 e. The van der Waals surface area contributed by atoms with Crippen LogP contribution in [-0.2, 0) is 20.6 Å². The monoisotopic (exact) mass is 435 g/mol. The zero-order chi connectivity index (χ0) is 22.0. The van der Waals surface area contributed by atoms with Gasteiger partial charge in [-0.3, -0.25) is 13.9 Å². The Hall–Kier alpha value is -2.78. The molecule has 2 atom stereocenters. The summed E-state index contributed by atoms with van der Waals surface area (Å²) in [4.78, 5) is 29.6. The average molecular weight is 436 g/mol. The number of ether oxygens (including phenoxy) is 1. The van der Waals surface area contributed by atoms with E-state index >= 15 is 0 Å². The van der Waals surface area contributed by atoms with Crippen molar-refractivity contribution < 1.29 is 9.84 Å². The average Bonchev–Trinajstić information content (AvgIpc) is 3.08. The summed E-state index contributed by atoms with van der Waals surface area (Å²) in [5, 5.41) is 14.4. The van der Waals surface area contributed by atoms with Crippen LogP contribution in [0.2, 0.25) is 5.02 Å². The lowest BCUT2D eigenvalue weighted by Gasteiger charge is -2.18. The van der Waals surface area contributed by atoms with Gasteiger partial charge in [0.2, 0.25) is 5.95 Å². The molecule has 2 heterocycles. The van der Waals surface area contributed by atoms with Gasteiger partial charge in [-0.2, -0.15) is 4.98 Å². The van der Waals surface area contributed by atoms with E-state index in [1.165, 1.54) is 11.6 Å². The van der Waals surface area contributed by atoms with E-state index < -0.39 is 17.4 Å². The zero-order valence-electron chi connectivity index (χ0n) is 17.4. The van der Waals surface area contributed by atoms with Crippen LogP contribution in [0, 0.1) is 0 Å². The first-order valence-electron chi connectivity index (χ1n) is 9.72. The van der Waals surface area contributed by atoms with Crippen LogP contribution in [0.15, 0.2) is 33.9 Å². The Labute approximate surface area is 178 Å². The number of rotatable bonds is 8. The van der Waals surface area contributed by atoms with Gasteiger partial charge in [-0.1, -0.05) is 18.5 Å². The number of hydrogen-bond acceptors (Lipinski definition) is 6. The second kappa shape index (κ2) is 8.93. The fourth-order valence-electron chi connectivity index (χ4n) is 3.04. The molecule has 3 rings (SSSR count). The number of aromatic nitrogens is 4. The lowest BCUT2D eigenvalue weighted by atomic mass is 10.3. The topological polar surface area (TPSA) is 103 Å². The van der Waals surface area contributed by atoms with Gasteiger partial charge in [-0.05, 0) is 37.6 Å². The van der Waals surface area contributed by atoms with E-state index in [-0.39, 0.29) is 30.4 Å². The first-order chi connectivity index (χ1) is 14.2. The fraction of sp³-hybridized carbons (Fsp3) is 0.450. The smallest absolute Gasteiger partial charge is 0.332 e. The molecular formula is C20H26ClN5O4. The van der Waals surface area contributed by atoms with E-state index in [1.54, 1.807) is 35.9 Å². The molecule has 10 heteroatoms. The third-order valence-electron chi connectivity index (χ3n) is 4.99. The van der Waals surface area contributed by atoms with E-state index in [0.717, 1.165) is 11.0 Å².